The average molecular weight is 297 g/mol. The van der Waals surface area contributed by atoms with E-state index in [1.54, 1.807) is 4.68 Å². The molecular weight excluding hydrogens is 278 g/mol. The van der Waals surface area contributed by atoms with Crippen molar-refractivity contribution in [2.75, 3.05) is 6.54 Å². The van der Waals surface area contributed by atoms with Crippen molar-refractivity contribution in [2.24, 2.45) is 0 Å². The Balaban J connectivity index is 1.71. The number of carbonyl (C=O) groups is 1. The zero-order chi connectivity index (χ0) is 15.5. The highest BCUT2D eigenvalue weighted by molar-refractivity contribution is 5.95. The van der Waals surface area contributed by atoms with Gasteiger partial charge in [-0.3, -0.25) is 4.79 Å². The first kappa shape index (κ1) is 14.4. The molecule has 0 aliphatic carbocycles. The van der Waals surface area contributed by atoms with Gasteiger partial charge in [0.2, 0.25) is 0 Å². The lowest BCUT2D eigenvalue weighted by Crippen LogP contribution is -2.35. The number of hydrogen-bond donors (Lipinski definition) is 0. The first-order valence-electron chi connectivity index (χ1n) is 7.48. The van der Waals surface area contributed by atoms with E-state index in [0.29, 0.717) is 13.1 Å². The van der Waals surface area contributed by atoms with Crippen LogP contribution in [0.1, 0.15) is 35.1 Å². The Morgan fingerprint density at radius 3 is 2.73 bits per heavy atom. The fourth-order valence-corrected chi connectivity index (χ4v) is 2.65. The Morgan fingerprint density at radius 2 is 2.09 bits per heavy atom. The normalized spacial score (nSPS) is 17.2. The molecule has 0 N–H and O–H groups in total. The topological polar surface area (TPSA) is 63.9 Å². The molecule has 1 unspecified atom stereocenters. The molecule has 114 valence electrons. The standard InChI is InChI=1S/C16H19N5O/c1-3-15-5-4-10-20(15)16(22)14-8-6-13(7-9-14)11-21-12(2)17-18-19-21/h4-9,15H,3,10-11H2,1-2H3. The smallest absolute Gasteiger partial charge is 0.254 e. The molecule has 2 heterocycles. The van der Waals surface area contributed by atoms with Gasteiger partial charge in [-0.05, 0) is 41.5 Å². The number of nitrogens with zero attached hydrogens (tertiary/aromatic N) is 5. The quantitative estimate of drug-likeness (QED) is 0.808. The van der Waals surface area contributed by atoms with Gasteiger partial charge in [0, 0.05) is 12.1 Å². The third kappa shape index (κ3) is 2.77. The predicted molar refractivity (Wildman–Crippen MR) is 82.4 cm³/mol. The molecule has 1 aliphatic heterocycles. The van der Waals surface area contributed by atoms with Crippen LogP contribution in [0.15, 0.2) is 36.4 Å². The lowest BCUT2D eigenvalue weighted by Gasteiger charge is -2.23. The van der Waals surface area contributed by atoms with Gasteiger partial charge >= 0.3 is 0 Å². The van der Waals surface area contributed by atoms with E-state index in [4.69, 9.17) is 0 Å². The number of benzene rings is 1. The van der Waals surface area contributed by atoms with Gasteiger partial charge in [-0.15, -0.1) is 5.10 Å². The third-order valence-corrected chi connectivity index (χ3v) is 3.98. The van der Waals surface area contributed by atoms with Gasteiger partial charge in [-0.2, -0.15) is 0 Å². The van der Waals surface area contributed by atoms with E-state index in [2.05, 4.69) is 34.6 Å². The van der Waals surface area contributed by atoms with E-state index in [1.807, 2.05) is 36.1 Å². The van der Waals surface area contributed by atoms with E-state index < -0.39 is 0 Å². The zero-order valence-corrected chi connectivity index (χ0v) is 12.8. The van der Waals surface area contributed by atoms with Crippen molar-refractivity contribution < 1.29 is 4.79 Å². The molecule has 22 heavy (non-hydrogen) atoms. The number of rotatable bonds is 4. The summed E-state index contributed by atoms with van der Waals surface area (Å²) in [4.78, 5) is 14.5. The molecule has 0 radical (unpaired) electrons. The number of carbonyl (C=O) groups excluding carboxylic acids is 1. The first-order valence-corrected chi connectivity index (χ1v) is 7.48. The molecule has 6 nitrogen and oxygen atoms in total. The van der Waals surface area contributed by atoms with Gasteiger partial charge in [0.1, 0.15) is 5.82 Å². The van der Waals surface area contributed by atoms with Crippen LogP contribution in [0.4, 0.5) is 0 Å². The van der Waals surface area contributed by atoms with Crippen LogP contribution in [-0.2, 0) is 6.54 Å². The number of aromatic nitrogens is 4. The van der Waals surface area contributed by atoms with Crippen molar-refractivity contribution in [3.63, 3.8) is 0 Å². The molecule has 1 aromatic heterocycles. The summed E-state index contributed by atoms with van der Waals surface area (Å²) in [5.41, 5.74) is 1.79. The number of amides is 1. The van der Waals surface area contributed by atoms with Gasteiger partial charge in [0.05, 0.1) is 12.6 Å². The Hall–Kier alpha value is -2.50. The molecule has 1 aliphatic rings. The predicted octanol–water partition coefficient (Wildman–Crippen LogP) is 1.82. The molecule has 1 aromatic carbocycles. The summed E-state index contributed by atoms with van der Waals surface area (Å²) >= 11 is 0. The fraction of sp³-hybridized carbons (Fsp3) is 0.375. The zero-order valence-electron chi connectivity index (χ0n) is 12.8. The average Bonchev–Trinajstić information content (AvgIpc) is 3.16. The minimum Gasteiger partial charge on any atom is -0.329 e. The van der Waals surface area contributed by atoms with Crippen molar-refractivity contribution in [1.29, 1.82) is 0 Å². The fourth-order valence-electron chi connectivity index (χ4n) is 2.65. The monoisotopic (exact) mass is 297 g/mol. The molecule has 6 heteroatoms. The van der Waals surface area contributed by atoms with Crippen LogP contribution in [0.3, 0.4) is 0 Å². The Kier molecular flexibility index (Phi) is 4.00. The number of aryl methyl sites for hydroxylation is 1. The van der Waals surface area contributed by atoms with E-state index >= 15 is 0 Å². The van der Waals surface area contributed by atoms with Gasteiger partial charge in [0.15, 0.2) is 0 Å². The third-order valence-electron chi connectivity index (χ3n) is 3.98. The first-order chi connectivity index (χ1) is 10.7. The highest BCUT2D eigenvalue weighted by Crippen LogP contribution is 2.17. The Bertz CT molecular complexity index is 689. The van der Waals surface area contributed by atoms with Gasteiger partial charge in [0.25, 0.3) is 5.91 Å². The highest BCUT2D eigenvalue weighted by atomic mass is 16.2. The summed E-state index contributed by atoms with van der Waals surface area (Å²) in [5.74, 6) is 0.857. The van der Waals surface area contributed by atoms with Crippen LogP contribution in [0.5, 0.6) is 0 Å². The maximum absolute atomic E-state index is 12.5. The summed E-state index contributed by atoms with van der Waals surface area (Å²) in [6, 6.07) is 7.89. The van der Waals surface area contributed by atoms with Gasteiger partial charge < -0.3 is 4.90 Å². The van der Waals surface area contributed by atoms with Crippen molar-refractivity contribution in [1.82, 2.24) is 25.1 Å². The lowest BCUT2D eigenvalue weighted by atomic mass is 10.1. The van der Waals surface area contributed by atoms with E-state index in [1.165, 1.54) is 0 Å². The molecule has 1 atom stereocenters. The largest absolute Gasteiger partial charge is 0.329 e. The van der Waals surface area contributed by atoms with Crippen LogP contribution >= 0.6 is 0 Å². The molecule has 0 saturated heterocycles. The van der Waals surface area contributed by atoms with Crippen molar-refractivity contribution in [3.05, 3.63) is 53.4 Å². The molecule has 1 amide bonds. The van der Waals surface area contributed by atoms with E-state index in [-0.39, 0.29) is 11.9 Å². The summed E-state index contributed by atoms with van der Waals surface area (Å²) in [5, 5.41) is 11.4. The summed E-state index contributed by atoms with van der Waals surface area (Å²) in [7, 11) is 0. The van der Waals surface area contributed by atoms with Gasteiger partial charge in [-0.1, -0.05) is 31.2 Å². The second-order valence-electron chi connectivity index (χ2n) is 5.44. The van der Waals surface area contributed by atoms with Crippen LogP contribution in [0, 0.1) is 6.92 Å². The summed E-state index contributed by atoms with van der Waals surface area (Å²) in [6.07, 6.45) is 5.10. The van der Waals surface area contributed by atoms with E-state index in [9.17, 15) is 4.79 Å². The van der Waals surface area contributed by atoms with Crippen LogP contribution < -0.4 is 0 Å². The van der Waals surface area contributed by atoms with Crippen molar-refractivity contribution in [3.8, 4) is 0 Å². The molecule has 0 fully saturated rings. The maximum Gasteiger partial charge on any atom is 0.254 e. The highest BCUT2D eigenvalue weighted by Gasteiger charge is 2.24. The number of hydrogen-bond acceptors (Lipinski definition) is 4. The van der Waals surface area contributed by atoms with Crippen LogP contribution in [0.2, 0.25) is 0 Å². The molecule has 2 aromatic rings. The second kappa shape index (κ2) is 6.09. The SMILES string of the molecule is CCC1C=CCN1C(=O)c1ccc(Cn2nnnc2C)cc1. The van der Waals surface area contributed by atoms with Crippen LogP contribution in [-0.4, -0.2) is 43.6 Å². The molecular formula is C16H19N5O. The minimum absolute atomic E-state index is 0.0852. The molecule has 0 bridgehead atoms. The summed E-state index contributed by atoms with van der Waals surface area (Å²) < 4.78 is 1.73. The minimum atomic E-state index is 0.0852. The number of tetrazole rings is 1. The van der Waals surface area contributed by atoms with Crippen molar-refractivity contribution >= 4 is 5.91 Å². The molecule has 0 spiro atoms. The Morgan fingerprint density at radius 1 is 1.32 bits per heavy atom. The molecule has 3 rings (SSSR count). The second-order valence-corrected chi connectivity index (χ2v) is 5.44. The summed E-state index contributed by atoms with van der Waals surface area (Å²) in [6.45, 7) is 5.26. The van der Waals surface area contributed by atoms with Crippen LogP contribution in [0.25, 0.3) is 0 Å². The Labute approximate surface area is 129 Å². The molecule has 0 saturated carbocycles. The lowest BCUT2D eigenvalue weighted by molar-refractivity contribution is 0.0747. The van der Waals surface area contributed by atoms with Crippen molar-refractivity contribution in [2.45, 2.75) is 32.9 Å². The maximum atomic E-state index is 12.5. The van der Waals surface area contributed by atoms with E-state index in [0.717, 1.165) is 23.4 Å². The van der Waals surface area contributed by atoms with Gasteiger partial charge in [-0.25, -0.2) is 4.68 Å².